The van der Waals surface area contributed by atoms with E-state index < -0.39 is 5.54 Å². The Morgan fingerprint density at radius 3 is 2.33 bits per heavy atom. The number of aryl methyl sites for hydroxylation is 1. The minimum absolute atomic E-state index is 0. The normalized spacial score (nSPS) is 10.4. The predicted octanol–water partition coefficient (Wildman–Crippen LogP) is 2.61. The molecule has 0 saturated carbocycles. The molecule has 2 rings (SSSR count). The van der Waals surface area contributed by atoms with Gasteiger partial charge in [-0.2, -0.15) is 0 Å². The van der Waals surface area contributed by atoms with Crippen molar-refractivity contribution in [3.8, 4) is 5.69 Å². The molecule has 2 aromatic rings. The minimum Gasteiger partial charge on any atom is -0.321 e. The number of halogens is 2. The van der Waals surface area contributed by atoms with E-state index in [1.54, 1.807) is 10.9 Å². The van der Waals surface area contributed by atoms with Crippen LogP contribution < -0.4 is 5.73 Å². The number of rotatable bonds is 2. The maximum absolute atomic E-state index is 6.09. The Kier molecular flexibility index (Phi) is 5.80. The second-order valence-corrected chi connectivity index (χ2v) is 4.54. The summed E-state index contributed by atoms with van der Waals surface area (Å²) < 4.78 is 1.80. The largest absolute Gasteiger partial charge is 0.321 e. The smallest absolute Gasteiger partial charge is 0.0838 e. The average molecular weight is 289 g/mol. The molecule has 0 unspecified atom stereocenters. The number of nitrogens with two attached hydrogens (primary N) is 1. The third-order valence-electron chi connectivity index (χ3n) is 2.55. The van der Waals surface area contributed by atoms with Gasteiger partial charge in [0.15, 0.2) is 0 Å². The molecule has 0 radical (unpaired) electrons. The fraction of sp³-hybridized carbons (Fsp3) is 0.333. The van der Waals surface area contributed by atoms with Gasteiger partial charge in [-0.05, 0) is 32.4 Å². The average Bonchev–Trinajstić information content (AvgIpc) is 2.66. The molecule has 0 aliphatic rings. The van der Waals surface area contributed by atoms with Crippen molar-refractivity contribution in [2.75, 3.05) is 0 Å². The van der Waals surface area contributed by atoms with Gasteiger partial charge >= 0.3 is 0 Å². The van der Waals surface area contributed by atoms with Gasteiger partial charge in [-0.25, -0.2) is 4.68 Å². The summed E-state index contributed by atoms with van der Waals surface area (Å²) in [6, 6.07) is 8.05. The Hall–Kier alpha value is -1.10. The summed E-state index contributed by atoms with van der Waals surface area (Å²) in [4.78, 5) is 0. The van der Waals surface area contributed by atoms with E-state index in [1.807, 2.05) is 45.0 Å². The maximum Gasteiger partial charge on any atom is 0.0838 e. The highest BCUT2D eigenvalue weighted by atomic mass is 35.5. The molecule has 0 aliphatic heterocycles. The van der Waals surface area contributed by atoms with Crippen molar-refractivity contribution in [3.05, 3.63) is 41.7 Å². The fourth-order valence-electron chi connectivity index (χ4n) is 1.65. The van der Waals surface area contributed by atoms with Crippen LogP contribution in [0, 0.1) is 6.92 Å². The van der Waals surface area contributed by atoms with E-state index in [9.17, 15) is 0 Å². The van der Waals surface area contributed by atoms with Gasteiger partial charge in [0.05, 0.1) is 23.1 Å². The number of hydrogen-bond donors (Lipinski definition) is 1. The molecule has 6 heteroatoms. The minimum atomic E-state index is -0.453. The molecule has 18 heavy (non-hydrogen) atoms. The summed E-state index contributed by atoms with van der Waals surface area (Å²) in [5.74, 6) is 0. The molecular weight excluding hydrogens is 271 g/mol. The van der Waals surface area contributed by atoms with Gasteiger partial charge < -0.3 is 5.73 Å². The predicted molar refractivity (Wildman–Crippen MR) is 77.8 cm³/mol. The highest BCUT2D eigenvalue weighted by molar-refractivity contribution is 5.85. The van der Waals surface area contributed by atoms with Crippen LogP contribution in [0.2, 0.25) is 0 Å². The summed E-state index contributed by atoms with van der Waals surface area (Å²) in [5, 5.41) is 8.04. The molecule has 0 aliphatic carbocycles. The zero-order valence-electron chi connectivity index (χ0n) is 10.6. The van der Waals surface area contributed by atoms with Crippen LogP contribution in [0.3, 0.4) is 0 Å². The number of para-hydroxylation sites is 1. The lowest BCUT2D eigenvalue weighted by Crippen LogP contribution is -2.31. The molecular formula is C12H18Cl2N4. The Morgan fingerprint density at radius 2 is 1.78 bits per heavy atom. The molecule has 0 spiro atoms. The lowest BCUT2D eigenvalue weighted by atomic mass is 10.0. The van der Waals surface area contributed by atoms with E-state index in [4.69, 9.17) is 5.73 Å². The molecule has 100 valence electrons. The second-order valence-electron chi connectivity index (χ2n) is 4.54. The Labute approximate surface area is 119 Å². The Bertz CT molecular complexity index is 503. The van der Waals surface area contributed by atoms with Crippen LogP contribution >= 0.6 is 24.8 Å². The van der Waals surface area contributed by atoms with Gasteiger partial charge in [-0.1, -0.05) is 23.4 Å². The monoisotopic (exact) mass is 288 g/mol. The van der Waals surface area contributed by atoms with E-state index in [0.717, 1.165) is 16.9 Å². The fourth-order valence-corrected chi connectivity index (χ4v) is 1.65. The zero-order chi connectivity index (χ0) is 11.8. The van der Waals surface area contributed by atoms with E-state index in [2.05, 4.69) is 10.3 Å². The summed E-state index contributed by atoms with van der Waals surface area (Å²) >= 11 is 0. The van der Waals surface area contributed by atoms with E-state index in [-0.39, 0.29) is 24.8 Å². The van der Waals surface area contributed by atoms with Gasteiger partial charge in [0, 0.05) is 0 Å². The van der Waals surface area contributed by atoms with Crippen molar-refractivity contribution in [2.24, 2.45) is 5.73 Å². The topological polar surface area (TPSA) is 56.7 Å². The summed E-state index contributed by atoms with van der Waals surface area (Å²) in [5.41, 5.74) is 8.71. The molecule has 0 saturated heterocycles. The highest BCUT2D eigenvalue weighted by Crippen LogP contribution is 2.20. The molecule has 0 atom stereocenters. The van der Waals surface area contributed by atoms with Gasteiger partial charge in [-0.3, -0.25) is 0 Å². The first-order chi connectivity index (χ1) is 7.50. The van der Waals surface area contributed by atoms with E-state index >= 15 is 0 Å². The van der Waals surface area contributed by atoms with Gasteiger partial charge in [0.2, 0.25) is 0 Å². The third-order valence-corrected chi connectivity index (χ3v) is 2.55. The molecule has 0 fully saturated rings. The maximum atomic E-state index is 6.09. The molecule has 0 bridgehead atoms. The standard InChI is InChI=1S/C12H16N4.2ClH/c1-9-6-4-5-7-10(9)16-11(8-14-15-16)12(2,3)13;;/h4-8H,13H2,1-3H3;2*1H. The van der Waals surface area contributed by atoms with Crippen molar-refractivity contribution >= 4 is 24.8 Å². The molecule has 1 aromatic heterocycles. The molecule has 4 nitrogen and oxygen atoms in total. The molecule has 0 amide bonds. The Morgan fingerprint density at radius 1 is 1.17 bits per heavy atom. The van der Waals surface area contributed by atoms with Crippen LogP contribution in [0.5, 0.6) is 0 Å². The van der Waals surface area contributed by atoms with Crippen LogP contribution in [0.4, 0.5) is 0 Å². The van der Waals surface area contributed by atoms with Crippen molar-refractivity contribution in [1.29, 1.82) is 0 Å². The van der Waals surface area contributed by atoms with Crippen LogP contribution in [0.25, 0.3) is 5.69 Å². The summed E-state index contributed by atoms with van der Waals surface area (Å²) in [6.45, 7) is 5.94. The van der Waals surface area contributed by atoms with Crippen molar-refractivity contribution in [2.45, 2.75) is 26.3 Å². The van der Waals surface area contributed by atoms with E-state index in [1.165, 1.54) is 0 Å². The van der Waals surface area contributed by atoms with Gasteiger partial charge in [0.1, 0.15) is 0 Å². The van der Waals surface area contributed by atoms with Gasteiger partial charge in [0.25, 0.3) is 0 Å². The third kappa shape index (κ3) is 3.22. The Balaban J connectivity index is 0.00000144. The molecule has 1 aromatic carbocycles. The summed E-state index contributed by atoms with van der Waals surface area (Å²) in [7, 11) is 0. The number of nitrogens with zero attached hydrogens (tertiary/aromatic N) is 3. The number of aromatic nitrogens is 3. The highest BCUT2D eigenvalue weighted by Gasteiger charge is 2.21. The summed E-state index contributed by atoms with van der Waals surface area (Å²) in [6.07, 6.45) is 1.71. The van der Waals surface area contributed by atoms with E-state index in [0.29, 0.717) is 0 Å². The second kappa shape index (κ2) is 6.18. The first kappa shape index (κ1) is 16.9. The first-order valence-corrected chi connectivity index (χ1v) is 5.26. The van der Waals surface area contributed by atoms with Crippen molar-refractivity contribution in [1.82, 2.24) is 15.0 Å². The molecule has 2 N–H and O–H groups in total. The van der Waals surface area contributed by atoms with Crippen molar-refractivity contribution < 1.29 is 0 Å². The lowest BCUT2D eigenvalue weighted by molar-refractivity contribution is 0.513. The van der Waals surface area contributed by atoms with Gasteiger partial charge in [-0.15, -0.1) is 29.9 Å². The zero-order valence-corrected chi connectivity index (χ0v) is 12.3. The van der Waals surface area contributed by atoms with Crippen LogP contribution in [-0.2, 0) is 5.54 Å². The quantitative estimate of drug-likeness (QED) is 0.924. The van der Waals surface area contributed by atoms with Crippen LogP contribution in [0.1, 0.15) is 25.1 Å². The molecule has 1 heterocycles. The SMILES string of the molecule is Cc1ccccc1-n1nncc1C(C)(C)N.Cl.Cl. The lowest BCUT2D eigenvalue weighted by Gasteiger charge is -2.19. The van der Waals surface area contributed by atoms with Crippen LogP contribution in [0.15, 0.2) is 30.5 Å². The van der Waals surface area contributed by atoms with Crippen molar-refractivity contribution in [3.63, 3.8) is 0 Å². The van der Waals surface area contributed by atoms with Crippen LogP contribution in [-0.4, -0.2) is 15.0 Å². The number of hydrogen-bond acceptors (Lipinski definition) is 3. The first-order valence-electron chi connectivity index (χ1n) is 5.26. The number of benzene rings is 1.